The molecule has 0 aliphatic heterocycles. The van der Waals surface area contributed by atoms with E-state index in [1.54, 1.807) is 38.3 Å². The molecule has 27 heavy (non-hydrogen) atoms. The Hall–Kier alpha value is -2.75. The fraction of sp³-hybridized carbons (Fsp3) is 0.348. The van der Waals surface area contributed by atoms with Crippen LogP contribution in [0, 0.1) is 0 Å². The molecule has 0 radical (unpaired) electrons. The normalized spacial score (nSPS) is 11.5. The minimum absolute atomic E-state index is 0.0512. The van der Waals surface area contributed by atoms with E-state index in [1.165, 1.54) is 5.56 Å². The summed E-state index contributed by atoms with van der Waals surface area (Å²) in [4.78, 5) is 14.1. The molecule has 0 aromatic heterocycles. The molecule has 0 aliphatic carbocycles. The number of carbonyl (C=O) groups is 1. The molecule has 0 saturated heterocycles. The van der Waals surface area contributed by atoms with Crippen molar-refractivity contribution in [1.82, 2.24) is 4.90 Å². The third-order valence-electron chi connectivity index (χ3n) is 4.44. The lowest BCUT2D eigenvalue weighted by molar-refractivity contribution is -0.125. The van der Waals surface area contributed by atoms with Crippen molar-refractivity contribution in [2.24, 2.45) is 0 Å². The van der Waals surface area contributed by atoms with Gasteiger partial charge in [0.05, 0.1) is 14.2 Å². The van der Waals surface area contributed by atoms with Gasteiger partial charge in [-0.05, 0) is 40.3 Å². The first-order valence-electron chi connectivity index (χ1n) is 8.99. The van der Waals surface area contributed by atoms with Gasteiger partial charge in [0.15, 0.2) is 11.5 Å². The number of likely N-dealkylation sites (N-methyl/N-ethyl adjacent to an activating group) is 1. The zero-order valence-electron chi connectivity index (χ0n) is 17.1. The van der Waals surface area contributed by atoms with E-state index < -0.39 is 0 Å². The Morgan fingerprint density at radius 3 is 2.19 bits per heavy atom. The van der Waals surface area contributed by atoms with E-state index in [1.807, 2.05) is 18.2 Å². The van der Waals surface area contributed by atoms with Crippen LogP contribution in [0.2, 0.25) is 0 Å². The van der Waals surface area contributed by atoms with Crippen LogP contribution in [0.25, 0.3) is 6.08 Å². The number of benzene rings is 2. The maximum atomic E-state index is 12.4. The van der Waals surface area contributed by atoms with Crippen LogP contribution in [0.15, 0.2) is 48.5 Å². The second-order valence-corrected chi connectivity index (χ2v) is 7.59. The molecule has 1 amide bonds. The van der Waals surface area contributed by atoms with Crippen LogP contribution in [0.5, 0.6) is 11.5 Å². The molecule has 0 N–H and O–H groups in total. The zero-order chi connectivity index (χ0) is 20.0. The first kappa shape index (κ1) is 20.6. The van der Waals surface area contributed by atoms with E-state index in [2.05, 4.69) is 45.0 Å². The number of nitrogens with zero attached hydrogens (tertiary/aromatic N) is 1. The number of amides is 1. The van der Waals surface area contributed by atoms with E-state index in [0.717, 1.165) is 11.1 Å². The van der Waals surface area contributed by atoms with Crippen LogP contribution in [-0.2, 0) is 16.8 Å². The molecule has 4 nitrogen and oxygen atoms in total. The van der Waals surface area contributed by atoms with Gasteiger partial charge in [0.1, 0.15) is 0 Å². The predicted molar refractivity (Wildman–Crippen MR) is 110 cm³/mol. The fourth-order valence-corrected chi connectivity index (χ4v) is 2.71. The van der Waals surface area contributed by atoms with Crippen molar-refractivity contribution in [1.29, 1.82) is 0 Å². The van der Waals surface area contributed by atoms with Crippen LogP contribution in [0.4, 0.5) is 0 Å². The lowest BCUT2D eigenvalue weighted by Gasteiger charge is -2.20. The van der Waals surface area contributed by atoms with Crippen molar-refractivity contribution in [3.63, 3.8) is 0 Å². The first-order valence-corrected chi connectivity index (χ1v) is 8.99. The number of hydrogen-bond donors (Lipinski definition) is 0. The Morgan fingerprint density at radius 2 is 1.63 bits per heavy atom. The Balaban J connectivity index is 2.02. The Bertz CT molecular complexity index is 801. The second-order valence-electron chi connectivity index (χ2n) is 7.59. The SMILES string of the molecule is COc1ccc(/C=C/C(=O)N(C)Cc2ccc(C(C)(C)C)cc2)cc1OC. The lowest BCUT2D eigenvalue weighted by atomic mass is 9.87. The average Bonchev–Trinajstić information content (AvgIpc) is 2.65. The van der Waals surface area contributed by atoms with Gasteiger partial charge in [0, 0.05) is 19.7 Å². The summed E-state index contributed by atoms with van der Waals surface area (Å²) < 4.78 is 10.5. The van der Waals surface area contributed by atoms with Crippen LogP contribution in [0.1, 0.15) is 37.5 Å². The van der Waals surface area contributed by atoms with Crippen molar-refractivity contribution >= 4 is 12.0 Å². The molecule has 0 unspecified atom stereocenters. The number of methoxy groups -OCH3 is 2. The second kappa shape index (κ2) is 8.76. The van der Waals surface area contributed by atoms with E-state index in [-0.39, 0.29) is 11.3 Å². The molecule has 0 heterocycles. The third-order valence-corrected chi connectivity index (χ3v) is 4.44. The van der Waals surface area contributed by atoms with Crippen molar-refractivity contribution in [3.8, 4) is 11.5 Å². The highest BCUT2D eigenvalue weighted by atomic mass is 16.5. The lowest BCUT2D eigenvalue weighted by Crippen LogP contribution is -2.24. The number of hydrogen-bond acceptors (Lipinski definition) is 3. The summed E-state index contributed by atoms with van der Waals surface area (Å²) in [5.41, 5.74) is 3.40. The highest BCUT2D eigenvalue weighted by Gasteiger charge is 2.13. The molecular weight excluding hydrogens is 338 g/mol. The molecule has 4 heteroatoms. The van der Waals surface area contributed by atoms with Crippen LogP contribution in [-0.4, -0.2) is 32.1 Å². The first-order chi connectivity index (χ1) is 12.7. The zero-order valence-corrected chi connectivity index (χ0v) is 17.1. The Kier molecular flexibility index (Phi) is 6.67. The number of carbonyl (C=O) groups excluding carboxylic acids is 1. The summed E-state index contributed by atoms with van der Waals surface area (Å²) in [7, 11) is 4.99. The van der Waals surface area contributed by atoms with Crippen molar-refractivity contribution in [2.75, 3.05) is 21.3 Å². The molecule has 0 aliphatic rings. The van der Waals surface area contributed by atoms with Gasteiger partial charge >= 0.3 is 0 Å². The average molecular weight is 367 g/mol. The minimum Gasteiger partial charge on any atom is -0.493 e. The van der Waals surface area contributed by atoms with Gasteiger partial charge in [-0.25, -0.2) is 0 Å². The summed E-state index contributed by atoms with van der Waals surface area (Å²) in [6.45, 7) is 7.14. The summed E-state index contributed by atoms with van der Waals surface area (Å²) in [5, 5.41) is 0. The van der Waals surface area contributed by atoms with E-state index in [9.17, 15) is 4.79 Å². The minimum atomic E-state index is -0.0512. The fourth-order valence-electron chi connectivity index (χ4n) is 2.71. The quantitative estimate of drug-likeness (QED) is 0.696. The van der Waals surface area contributed by atoms with Gasteiger partial charge in [-0.3, -0.25) is 4.79 Å². The van der Waals surface area contributed by atoms with Crippen molar-refractivity contribution < 1.29 is 14.3 Å². The highest BCUT2D eigenvalue weighted by molar-refractivity contribution is 5.91. The topological polar surface area (TPSA) is 38.8 Å². The summed E-state index contributed by atoms with van der Waals surface area (Å²) in [5.74, 6) is 1.25. The maximum Gasteiger partial charge on any atom is 0.246 e. The van der Waals surface area contributed by atoms with E-state index in [0.29, 0.717) is 18.0 Å². The highest BCUT2D eigenvalue weighted by Crippen LogP contribution is 2.28. The Morgan fingerprint density at radius 1 is 1.00 bits per heavy atom. The molecule has 2 aromatic rings. The van der Waals surface area contributed by atoms with Gasteiger partial charge in [0.25, 0.3) is 0 Å². The number of rotatable bonds is 6. The monoisotopic (exact) mass is 367 g/mol. The summed E-state index contributed by atoms with van der Waals surface area (Å²) in [6, 6.07) is 14.0. The van der Waals surface area contributed by atoms with Crippen LogP contribution >= 0.6 is 0 Å². The van der Waals surface area contributed by atoms with Crippen LogP contribution < -0.4 is 9.47 Å². The smallest absolute Gasteiger partial charge is 0.246 e. The van der Waals surface area contributed by atoms with Gasteiger partial charge in [-0.1, -0.05) is 51.1 Å². The molecule has 0 fully saturated rings. The molecule has 2 aromatic carbocycles. The summed E-state index contributed by atoms with van der Waals surface area (Å²) >= 11 is 0. The van der Waals surface area contributed by atoms with Gasteiger partial charge < -0.3 is 14.4 Å². The van der Waals surface area contributed by atoms with E-state index >= 15 is 0 Å². The van der Waals surface area contributed by atoms with E-state index in [4.69, 9.17) is 9.47 Å². The molecule has 0 saturated carbocycles. The largest absolute Gasteiger partial charge is 0.493 e. The number of ether oxygens (including phenoxy) is 2. The van der Waals surface area contributed by atoms with Crippen LogP contribution in [0.3, 0.4) is 0 Å². The molecule has 0 atom stereocenters. The molecule has 0 spiro atoms. The molecular formula is C23H29NO3. The summed E-state index contributed by atoms with van der Waals surface area (Å²) in [6.07, 6.45) is 3.36. The van der Waals surface area contributed by atoms with Crippen molar-refractivity contribution in [3.05, 3.63) is 65.2 Å². The van der Waals surface area contributed by atoms with Gasteiger partial charge in [-0.15, -0.1) is 0 Å². The standard InChI is InChI=1S/C23H29NO3/c1-23(2,3)19-11-7-18(8-12-19)16-24(4)22(25)14-10-17-9-13-20(26-5)21(15-17)27-6/h7-15H,16H2,1-6H3/b14-10+. The van der Waals surface area contributed by atoms with Crippen molar-refractivity contribution in [2.45, 2.75) is 32.7 Å². The molecule has 2 rings (SSSR count). The Labute approximate surface area is 162 Å². The van der Waals surface area contributed by atoms with Gasteiger partial charge in [-0.2, -0.15) is 0 Å². The van der Waals surface area contributed by atoms with Gasteiger partial charge in [0.2, 0.25) is 5.91 Å². The predicted octanol–water partition coefficient (Wildman–Crippen LogP) is 4.67. The third kappa shape index (κ3) is 5.61. The maximum absolute atomic E-state index is 12.4. The molecule has 0 bridgehead atoms. The molecule has 144 valence electrons.